The van der Waals surface area contributed by atoms with Crippen molar-refractivity contribution in [3.63, 3.8) is 0 Å². The predicted octanol–water partition coefficient (Wildman–Crippen LogP) is -1.63. The van der Waals surface area contributed by atoms with Crippen molar-refractivity contribution in [3.8, 4) is 12.3 Å². The first kappa shape index (κ1) is 18.5. The van der Waals surface area contributed by atoms with Gasteiger partial charge in [-0.2, -0.15) is 0 Å². The van der Waals surface area contributed by atoms with Crippen molar-refractivity contribution >= 4 is 17.7 Å². The Hall–Kier alpha value is -0.820. The highest BCUT2D eigenvalue weighted by Gasteiger charge is 2.46. The third kappa shape index (κ3) is 3.82. The van der Waals surface area contributed by atoms with E-state index in [9.17, 15) is 20.1 Å². The average molecular weight is 344 g/mol. The summed E-state index contributed by atoms with van der Waals surface area (Å²) in [5.41, 5.74) is -0.722. The molecule has 2 aliphatic heterocycles. The maximum absolute atomic E-state index is 12.4. The first-order chi connectivity index (χ1) is 10.9. The number of aliphatic hydroxyl groups is 3. The number of likely N-dealkylation sites (N-methyl/N-ethyl adjacent to an activating group) is 1. The van der Waals surface area contributed by atoms with Crippen LogP contribution in [-0.4, -0.2) is 87.9 Å². The van der Waals surface area contributed by atoms with E-state index in [0.717, 1.165) is 19.4 Å². The highest BCUT2D eigenvalue weighted by Crippen LogP contribution is 2.28. The van der Waals surface area contributed by atoms with E-state index in [2.05, 4.69) is 11.2 Å². The molecule has 2 heterocycles. The van der Waals surface area contributed by atoms with Gasteiger partial charge in [-0.1, -0.05) is 5.92 Å². The van der Waals surface area contributed by atoms with E-state index < -0.39 is 35.9 Å². The van der Waals surface area contributed by atoms with Gasteiger partial charge in [-0.15, -0.1) is 18.2 Å². The van der Waals surface area contributed by atoms with Crippen LogP contribution in [0, 0.1) is 12.3 Å². The molecule has 130 valence electrons. The first-order valence-electron chi connectivity index (χ1n) is 7.60. The Labute approximate surface area is 140 Å². The molecule has 0 aromatic carbocycles. The van der Waals surface area contributed by atoms with Crippen molar-refractivity contribution in [2.75, 3.05) is 19.8 Å². The number of nitrogens with zero attached hydrogens (tertiary/aromatic N) is 1. The Kier molecular flexibility index (Phi) is 6.31. The van der Waals surface area contributed by atoms with Gasteiger partial charge in [0, 0.05) is 0 Å². The number of thioether (sulfide) groups is 1. The lowest BCUT2D eigenvalue weighted by Gasteiger charge is -2.42. The number of carbonyl (C=O) groups excluding carboxylic acids is 1. The maximum Gasteiger partial charge on any atom is 0.238 e. The van der Waals surface area contributed by atoms with Gasteiger partial charge < -0.3 is 25.4 Å². The second kappa shape index (κ2) is 7.83. The molecule has 1 amide bonds. The molecule has 8 heteroatoms. The molecule has 0 aromatic rings. The van der Waals surface area contributed by atoms with Crippen LogP contribution in [0.1, 0.15) is 12.8 Å². The summed E-state index contributed by atoms with van der Waals surface area (Å²) in [5.74, 6) is 2.20. The molecule has 0 saturated carbocycles. The van der Waals surface area contributed by atoms with Crippen molar-refractivity contribution in [1.29, 1.82) is 0 Å². The van der Waals surface area contributed by atoms with Gasteiger partial charge in [-0.05, 0) is 32.7 Å². The number of carbonyl (C=O) groups is 1. The fourth-order valence-electron chi connectivity index (χ4n) is 3.05. The molecule has 7 atom stereocenters. The number of ether oxygens (including phenoxy) is 1. The van der Waals surface area contributed by atoms with Gasteiger partial charge in [0.25, 0.3) is 0 Å². The van der Waals surface area contributed by atoms with Gasteiger partial charge in [0.2, 0.25) is 5.91 Å². The molecule has 0 bridgehead atoms. The Morgan fingerprint density at radius 1 is 1.39 bits per heavy atom. The van der Waals surface area contributed by atoms with Crippen LogP contribution in [0.15, 0.2) is 0 Å². The van der Waals surface area contributed by atoms with Crippen LogP contribution in [0.2, 0.25) is 0 Å². The van der Waals surface area contributed by atoms with E-state index in [-0.39, 0.29) is 11.9 Å². The Balaban J connectivity index is 2.07. The van der Waals surface area contributed by atoms with Gasteiger partial charge in [-0.3, -0.25) is 9.69 Å². The lowest BCUT2D eigenvalue weighted by molar-refractivity contribution is -0.201. The van der Waals surface area contributed by atoms with E-state index >= 15 is 0 Å². The fraction of sp³-hybridized carbons (Fsp3) is 0.800. The molecule has 2 saturated heterocycles. The number of amides is 1. The highest BCUT2D eigenvalue weighted by atomic mass is 32.2. The van der Waals surface area contributed by atoms with Crippen LogP contribution >= 0.6 is 11.8 Å². The quantitative estimate of drug-likeness (QED) is 0.454. The molecule has 2 rings (SSSR count). The topological polar surface area (TPSA) is 102 Å². The summed E-state index contributed by atoms with van der Waals surface area (Å²) < 4.78 is 5.61. The van der Waals surface area contributed by atoms with Gasteiger partial charge in [0.05, 0.1) is 6.04 Å². The summed E-state index contributed by atoms with van der Waals surface area (Å²) >= 11 is 1.20. The summed E-state index contributed by atoms with van der Waals surface area (Å²) in [6.45, 7) is 0.848. The molecule has 23 heavy (non-hydrogen) atoms. The summed E-state index contributed by atoms with van der Waals surface area (Å²) in [5, 5.41) is 32.7. The maximum atomic E-state index is 12.4. The molecule has 7 unspecified atom stereocenters. The number of likely N-dealkylation sites (tertiary alicyclic amines) is 1. The minimum absolute atomic E-state index is 0.218. The molecule has 0 aliphatic carbocycles. The van der Waals surface area contributed by atoms with Crippen LogP contribution in [0.4, 0.5) is 0 Å². The number of rotatable bonds is 4. The van der Waals surface area contributed by atoms with Crippen molar-refractivity contribution in [3.05, 3.63) is 0 Å². The SMILES string of the molecule is C#CC(NC(=O)C1CCCN1C)C1OC(SC)C(O)C(O)C1O. The fourth-order valence-corrected chi connectivity index (χ4v) is 3.73. The Morgan fingerprint density at radius 3 is 2.61 bits per heavy atom. The zero-order valence-electron chi connectivity index (χ0n) is 13.3. The van der Waals surface area contributed by atoms with Crippen molar-refractivity contribution < 1.29 is 24.9 Å². The average Bonchev–Trinajstić information content (AvgIpc) is 2.97. The number of nitrogens with one attached hydrogen (secondary N) is 1. The highest BCUT2D eigenvalue weighted by molar-refractivity contribution is 7.99. The van der Waals surface area contributed by atoms with Gasteiger partial charge in [0.1, 0.15) is 35.9 Å². The number of aliphatic hydroxyl groups excluding tert-OH is 3. The summed E-state index contributed by atoms with van der Waals surface area (Å²) in [4.78, 5) is 14.3. The second-order valence-electron chi connectivity index (χ2n) is 5.97. The largest absolute Gasteiger partial charge is 0.387 e. The normalized spacial score (nSPS) is 39.7. The smallest absolute Gasteiger partial charge is 0.238 e. The van der Waals surface area contributed by atoms with Crippen LogP contribution in [0.5, 0.6) is 0 Å². The lowest BCUT2D eigenvalue weighted by Crippen LogP contribution is -2.63. The van der Waals surface area contributed by atoms with Gasteiger partial charge >= 0.3 is 0 Å². The molecule has 0 spiro atoms. The van der Waals surface area contributed by atoms with E-state index in [1.54, 1.807) is 6.26 Å². The molecule has 0 radical (unpaired) electrons. The third-order valence-electron chi connectivity index (χ3n) is 4.47. The van der Waals surface area contributed by atoms with Crippen molar-refractivity contribution in [2.24, 2.45) is 0 Å². The predicted molar refractivity (Wildman–Crippen MR) is 86.6 cm³/mol. The second-order valence-corrected chi connectivity index (χ2v) is 6.90. The van der Waals surface area contributed by atoms with Crippen LogP contribution in [0.3, 0.4) is 0 Å². The van der Waals surface area contributed by atoms with Gasteiger partial charge in [-0.25, -0.2) is 0 Å². The molecule has 7 nitrogen and oxygen atoms in total. The monoisotopic (exact) mass is 344 g/mol. The Morgan fingerprint density at radius 2 is 2.09 bits per heavy atom. The van der Waals surface area contributed by atoms with E-state index in [1.165, 1.54) is 11.8 Å². The number of hydrogen-bond donors (Lipinski definition) is 4. The molecular formula is C15H24N2O5S. The van der Waals surface area contributed by atoms with E-state index in [1.807, 2.05) is 11.9 Å². The van der Waals surface area contributed by atoms with Gasteiger partial charge in [0.15, 0.2) is 0 Å². The zero-order chi connectivity index (χ0) is 17.1. The van der Waals surface area contributed by atoms with E-state index in [4.69, 9.17) is 11.2 Å². The molecule has 4 N–H and O–H groups in total. The first-order valence-corrected chi connectivity index (χ1v) is 8.88. The minimum atomic E-state index is -1.38. The lowest BCUT2D eigenvalue weighted by atomic mass is 9.94. The zero-order valence-corrected chi connectivity index (χ0v) is 14.1. The molecule has 2 fully saturated rings. The minimum Gasteiger partial charge on any atom is -0.387 e. The standard InChI is InChI=1S/C15H24N2O5S/c1-4-8(16-14(21)9-6-5-7-17(9)2)13-11(19)10(18)12(20)15(22-13)23-3/h1,8-13,15,18-20H,5-7H2,2-3H3,(H,16,21). The number of hydrogen-bond acceptors (Lipinski definition) is 7. The van der Waals surface area contributed by atoms with Crippen LogP contribution in [0.25, 0.3) is 0 Å². The molecule has 0 aromatic heterocycles. The third-order valence-corrected chi connectivity index (χ3v) is 5.32. The van der Waals surface area contributed by atoms with E-state index in [0.29, 0.717) is 0 Å². The molecule has 2 aliphatic rings. The van der Waals surface area contributed by atoms with Crippen LogP contribution in [-0.2, 0) is 9.53 Å². The van der Waals surface area contributed by atoms with Crippen molar-refractivity contribution in [2.45, 2.75) is 54.8 Å². The summed E-state index contributed by atoms with van der Waals surface area (Å²) in [6, 6.07) is -1.14. The summed E-state index contributed by atoms with van der Waals surface area (Å²) in [7, 11) is 1.87. The molecular weight excluding hydrogens is 320 g/mol. The number of terminal acetylenes is 1. The van der Waals surface area contributed by atoms with Crippen LogP contribution < -0.4 is 5.32 Å². The Bertz CT molecular complexity index is 469. The van der Waals surface area contributed by atoms with Crippen molar-refractivity contribution in [1.82, 2.24) is 10.2 Å². The summed E-state index contributed by atoms with van der Waals surface area (Å²) in [6.07, 6.45) is 3.95.